The van der Waals surface area contributed by atoms with Crippen LogP contribution in [-0.2, 0) is 0 Å². The average Bonchev–Trinajstić information content (AvgIpc) is 2.82. The Balaban J connectivity index is 2.23. The summed E-state index contributed by atoms with van der Waals surface area (Å²) in [5.74, 6) is -0.216. The van der Waals surface area contributed by atoms with Gasteiger partial charge in [-0.1, -0.05) is 22.0 Å². The number of halogens is 1. The summed E-state index contributed by atoms with van der Waals surface area (Å²) in [5.41, 5.74) is 0.298. The summed E-state index contributed by atoms with van der Waals surface area (Å²) in [6, 6.07) is 8.64. The lowest BCUT2D eigenvalue weighted by Gasteiger charge is -2.00. The van der Waals surface area contributed by atoms with Gasteiger partial charge in [-0.3, -0.25) is 4.79 Å². The highest BCUT2D eigenvalue weighted by Gasteiger charge is 2.08. The van der Waals surface area contributed by atoms with Crippen LogP contribution in [-0.4, -0.2) is 10.9 Å². The summed E-state index contributed by atoms with van der Waals surface area (Å²) in [7, 11) is 0. The second-order valence-electron chi connectivity index (χ2n) is 3.37. The van der Waals surface area contributed by atoms with Gasteiger partial charge in [-0.05, 0) is 41.8 Å². The molecule has 0 saturated heterocycles. The highest BCUT2D eigenvalue weighted by Crippen LogP contribution is 2.23. The molecule has 1 aromatic heterocycles. The zero-order valence-electron chi connectivity index (χ0n) is 8.76. The van der Waals surface area contributed by atoms with Gasteiger partial charge in [0.2, 0.25) is 0 Å². The minimum Gasteiger partial charge on any atom is -0.507 e. The fourth-order valence-electron chi connectivity index (χ4n) is 1.34. The molecular formula is C13H9BrO2S. The number of phenolic OH excluding ortho intramolecular Hbond substituents is 1. The molecule has 0 bridgehead atoms. The van der Waals surface area contributed by atoms with Crippen molar-refractivity contribution in [3.05, 3.63) is 56.7 Å². The van der Waals surface area contributed by atoms with Crippen LogP contribution in [0.1, 0.15) is 15.2 Å². The van der Waals surface area contributed by atoms with E-state index < -0.39 is 0 Å². The molecule has 1 aromatic carbocycles. The van der Waals surface area contributed by atoms with Crippen molar-refractivity contribution in [1.29, 1.82) is 0 Å². The Morgan fingerprint density at radius 2 is 2.18 bits per heavy atom. The standard InChI is InChI=1S/C13H9BrO2S/c14-9-3-5-12(15)11(8-9)13(16)6-4-10-2-1-7-17-10/h1-8,15H. The molecule has 0 aliphatic carbocycles. The van der Waals surface area contributed by atoms with E-state index in [4.69, 9.17) is 0 Å². The molecule has 17 heavy (non-hydrogen) atoms. The molecule has 2 aromatic rings. The van der Waals surface area contributed by atoms with E-state index in [0.29, 0.717) is 5.56 Å². The molecule has 0 saturated carbocycles. The molecule has 0 spiro atoms. The summed E-state index contributed by atoms with van der Waals surface area (Å²) in [6.07, 6.45) is 3.21. The van der Waals surface area contributed by atoms with E-state index in [1.165, 1.54) is 12.1 Å². The maximum atomic E-state index is 11.8. The Morgan fingerprint density at radius 1 is 1.35 bits per heavy atom. The second kappa shape index (κ2) is 5.29. The van der Waals surface area contributed by atoms with E-state index in [2.05, 4.69) is 15.9 Å². The predicted octanol–water partition coefficient (Wildman–Crippen LogP) is 4.11. The lowest BCUT2D eigenvalue weighted by molar-refractivity contribution is 0.104. The zero-order valence-corrected chi connectivity index (χ0v) is 11.2. The Bertz CT molecular complexity index is 559. The normalized spacial score (nSPS) is 10.9. The molecule has 0 amide bonds. The number of carbonyl (C=O) groups excluding carboxylic acids is 1. The number of ketones is 1. The first-order chi connectivity index (χ1) is 8.16. The lowest BCUT2D eigenvalue weighted by Crippen LogP contribution is -1.94. The lowest BCUT2D eigenvalue weighted by atomic mass is 10.1. The summed E-state index contributed by atoms with van der Waals surface area (Å²) in [6.45, 7) is 0. The van der Waals surface area contributed by atoms with Crippen LogP contribution in [0.2, 0.25) is 0 Å². The summed E-state index contributed by atoms with van der Waals surface area (Å²) < 4.78 is 0.767. The first kappa shape index (κ1) is 12.1. The van der Waals surface area contributed by atoms with Crippen molar-refractivity contribution >= 4 is 39.1 Å². The molecule has 0 aliphatic heterocycles. The molecule has 0 atom stereocenters. The summed E-state index contributed by atoms with van der Waals surface area (Å²) in [4.78, 5) is 12.9. The fourth-order valence-corrected chi connectivity index (χ4v) is 2.32. The molecule has 2 rings (SSSR count). The number of hydrogen-bond donors (Lipinski definition) is 1. The highest BCUT2D eigenvalue weighted by molar-refractivity contribution is 9.10. The van der Waals surface area contributed by atoms with Gasteiger partial charge in [0.05, 0.1) is 5.56 Å². The summed E-state index contributed by atoms with van der Waals surface area (Å²) >= 11 is 4.83. The molecule has 1 N–H and O–H groups in total. The number of phenols is 1. The van der Waals surface area contributed by atoms with Crippen molar-refractivity contribution < 1.29 is 9.90 Å². The number of aromatic hydroxyl groups is 1. The Labute approximate surface area is 111 Å². The average molecular weight is 309 g/mol. The van der Waals surface area contributed by atoms with Gasteiger partial charge < -0.3 is 5.11 Å². The molecule has 86 valence electrons. The maximum absolute atomic E-state index is 11.8. The fraction of sp³-hybridized carbons (Fsp3) is 0. The third-order valence-electron chi connectivity index (χ3n) is 2.17. The van der Waals surface area contributed by atoms with Gasteiger partial charge in [-0.15, -0.1) is 11.3 Å². The quantitative estimate of drug-likeness (QED) is 0.684. The van der Waals surface area contributed by atoms with Crippen LogP contribution in [0.5, 0.6) is 5.75 Å². The van der Waals surface area contributed by atoms with E-state index in [1.807, 2.05) is 17.5 Å². The molecule has 4 heteroatoms. The van der Waals surface area contributed by atoms with E-state index in [1.54, 1.807) is 29.5 Å². The minimum absolute atomic E-state index is 0.00553. The number of thiophene rings is 1. The molecular weight excluding hydrogens is 300 g/mol. The topological polar surface area (TPSA) is 37.3 Å². The SMILES string of the molecule is O=C(C=Cc1cccs1)c1cc(Br)ccc1O. The van der Waals surface area contributed by atoms with E-state index in [-0.39, 0.29) is 11.5 Å². The van der Waals surface area contributed by atoms with Gasteiger partial charge in [0.15, 0.2) is 5.78 Å². The van der Waals surface area contributed by atoms with Gasteiger partial charge >= 0.3 is 0 Å². The number of benzene rings is 1. The van der Waals surface area contributed by atoms with Gasteiger partial charge in [0.1, 0.15) is 5.75 Å². The van der Waals surface area contributed by atoms with Crippen molar-refractivity contribution in [3.63, 3.8) is 0 Å². The van der Waals surface area contributed by atoms with Crippen LogP contribution in [0, 0.1) is 0 Å². The van der Waals surface area contributed by atoms with E-state index >= 15 is 0 Å². The third-order valence-corrected chi connectivity index (χ3v) is 3.50. The Kier molecular flexibility index (Phi) is 3.76. The van der Waals surface area contributed by atoms with Crippen LogP contribution in [0.15, 0.2) is 46.3 Å². The summed E-state index contributed by atoms with van der Waals surface area (Å²) in [5, 5.41) is 11.5. The Morgan fingerprint density at radius 3 is 2.88 bits per heavy atom. The molecule has 0 fully saturated rings. The van der Waals surface area contributed by atoms with Crippen molar-refractivity contribution in [1.82, 2.24) is 0 Å². The number of hydrogen-bond acceptors (Lipinski definition) is 3. The van der Waals surface area contributed by atoms with Gasteiger partial charge in [0, 0.05) is 9.35 Å². The Hall–Kier alpha value is -1.39. The smallest absolute Gasteiger partial charge is 0.189 e. The van der Waals surface area contributed by atoms with Crippen LogP contribution < -0.4 is 0 Å². The van der Waals surface area contributed by atoms with Crippen molar-refractivity contribution in [2.24, 2.45) is 0 Å². The van der Waals surface area contributed by atoms with E-state index in [9.17, 15) is 9.90 Å². The molecule has 0 unspecified atom stereocenters. The van der Waals surface area contributed by atoms with Crippen molar-refractivity contribution in [3.8, 4) is 5.75 Å². The zero-order chi connectivity index (χ0) is 12.3. The third kappa shape index (κ3) is 3.05. The first-order valence-corrected chi connectivity index (χ1v) is 6.58. The molecule has 1 heterocycles. The number of carbonyl (C=O) groups is 1. The number of rotatable bonds is 3. The highest BCUT2D eigenvalue weighted by atomic mass is 79.9. The molecule has 2 nitrogen and oxygen atoms in total. The van der Waals surface area contributed by atoms with Crippen LogP contribution in [0.25, 0.3) is 6.08 Å². The molecule has 0 aliphatic rings. The van der Waals surface area contributed by atoms with Crippen LogP contribution in [0.3, 0.4) is 0 Å². The van der Waals surface area contributed by atoms with Crippen LogP contribution >= 0.6 is 27.3 Å². The second-order valence-corrected chi connectivity index (χ2v) is 5.27. The largest absolute Gasteiger partial charge is 0.507 e. The number of allylic oxidation sites excluding steroid dienone is 1. The first-order valence-electron chi connectivity index (χ1n) is 4.91. The molecule has 0 radical (unpaired) electrons. The minimum atomic E-state index is -0.211. The maximum Gasteiger partial charge on any atom is 0.189 e. The van der Waals surface area contributed by atoms with Gasteiger partial charge in [-0.25, -0.2) is 0 Å². The monoisotopic (exact) mass is 308 g/mol. The van der Waals surface area contributed by atoms with Crippen molar-refractivity contribution in [2.75, 3.05) is 0 Å². The van der Waals surface area contributed by atoms with Crippen LogP contribution in [0.4, 0.5) is 0 Å². The predicted molar refractivity (Wildman–Crippen MR) is 73.5 cm³/mol. The van der Waals surface area contributed by atoms with E-state index in [0.717, 1.165) is 9.35 Å². The van der Waals surface area contributed by atoms with Gasteiger partial charge in [-0.2, -0.15) is 0 Å². The van der Waals surface area contributed by atoms with Crippen molar-refractivity contribution in [2.45, 2.75) is 0 Å². The van der Waals surface area contributed by atoms with Gasteiger partial charge in [0.25, 0.3) is 0 Å².